The van der Waals surface area contributed by atoms with Gasteiger partial charge >= 0.3 is 0 Å². The van der Waals surface area contributed by atoms with E-state index < -0.39 is 0 Å². The Hall–Kier alpha value is -0.770. The van der Waals surface area contributed by atoms with E-state index >= 15 is 0 Å². The number of hydrogen-bond acceptors (Lipinski definition) is 3. The maximum atomic E-state index is 9.45. The van der Waals surface area contributed by atoms with Crippen LogP contribution in [0, 0.1) is 5.41 Å². The molecule has 1 unspecified atom stereocenters. The molecule has 3 nitrogen and oxygen atoms in total. The van der Waals surface area contributed by atoms with Crippen molar-refractivity contribution in [2.24, 2.45) is 11.1 Å². The largest absolute Gasteiger partial charge is 0.508 e. The molecule has 1 aromatic rings. The standard InChI is InChI=1S/C14H22N2O.ClH/c1-14(2)10-16(7-6-13(14)15)9-11-4-3-5-12(17)8-11;/h3-5,8,13,17H,6-7,9-10,15H2,1-2H3;1H. The summed E-state index contributed by atoms with van der Waals surface area (Å²) in [7, 11) is 0. The van der Waals surface area contributed by atoms with E-state index in [0.717, 1.165) is 31.6 Å². The van der Waals surface area contributed by atoms with Crippen molar-refractivity contribution in [1.29, 1.82) is 0 Å². The van der Waals surface area contributed by atoms with Gasteiger partial charge < -0.3 is 10.8 Å². The lowest BCUT2D eigenvalue weighted by molar-refractivity contribution is 0.0898. The average Bonchev–Trinajstić information content (AvgIpc) is 2.23. The van der Waals surface area contributed by atoms with Gasteiger partial charge in [0.15, 0.2) is 0 Å². The number of hydrogen-bond donors (Lipinski definition) is 2. The van der Waals surface area contributed by atoms with Crippen LogP contribution in [0.4, 0.5) is 0 Å². The zero-order valence-electron chi connectivity index (χ0n) is 11.1. The van der Waals surface area contributed by atoms with Gasteiger partial charge in [-0.05, 0) is 29.5 Å². The number of halogens is 1. The molecule has 2 rings (SSSR count). The fourth-order valence-corrected chi connectivity index (χ4v) is 2.53. The van der Waals surface area contributed by atoms with Crippen LogP contribution < -0.4 is 5.73 Å². The van der Waals surface area contributed by atoms with Crippen molar-refractivity contribution in [3.8, 4) is 5.75 Å². The molecule has 18 heavy (non-hydrogen) atoms. The molecule has 0 aliphatic carbocycles. The first kappa shape index (κ1) is 15.3. The number of piperidine rings is 1. The highest BCUT2D eigenvalue weighted by molar-refractivity contribution is 5.85. The molecular formula is C14H23ClN2O. The summed E-state index contributed by atoms with van der Waals surface area (Å²) in [6.07, 6.45) is 1.05. The second-order valence-electron chi connectivity index (χ2n) is 5.76. The summed E-state index contributed by atoms with van der Waals surface area (Å²) in [6.45, 7) is 7.41. The van der Waals surface area contributed by atoms with Gasteiger partial charge in [-0.1, -0.05) is 26.0 Å². The number of rotatable bonds is 2. The lowest BCUT2D eigenvalue weighted by atomic mass is 9.79. The average molecular weight is 271 g/mol. The summed E-state index contributed by atoms with van der Waals surface area (Å²) >= 11 is 0. The Morgan fingerprint density at radius 3 is 2.78 bits per heavy atom. The lowest BCUT2D eigenvalue weighted by Crippen LogP contribution is -2.52. The molecule has 4 heteroatoms. The number of nitrogens with two attached hydrogens (primary N) is 1. The van der Waals surface area contributed by atoms with Gasteiger partial charge in [-0.15, -0.1) is 12.4 Å². The predicted octanol–water partition coefficient (Wildman–Crippen LogP) is 2.37. The van der Waals surface area contributed by atoms with Crippen molar-refractivity contribution in [3.63, 3.8) is 0 Å². The van der Waals surface area contributed by atoms with E-state index in [0.29, 0.717) is 11.8 Å². The number of phenols is 1. The molecule has 1 aliphatic rings. The van der Waals surface area contributed by atoms with Crippen molar-refractivity contribution in [2.45, 2.75) is 32.9 Å². The molecule has 0 saturated carbocycles. The molecule has 1 aromatic carbocycles. The summed E-state index contributed by atoms with van der Waals surface area (Å²) < 4.78 is 0. The normalized spacial score (nSPS) is 23.4. The molecule has 1 saturated heterocycles. The molecule has 1 fully saturated rings. The number of aromatic hydroxyl groups is 1. The van der Waals surface area contributed by atoms with Crippen LogP contribution in [0.3, 0.4) is 0 Å². The van der Waals surface area contributed by atoms with E-state index in [2.05, 4.69) is 24.8 Å². The minimum absolute atomic E-state index is 0. The van der Waals surface area contributed by atoms with Gasteiger partial charge in [0.05, 0.1) is 0 Å². The van der Waals surface area contributed by atoms with E-state index in [9.17, 15) is 5.11 Å². The second kappa shape index (κ2) is 5.91. The highest BCUT2D eigenvalue weighted by Crippen LogP contribution is 2.28. The molecule has 0 spiro atoms. The predicted molar refractivity (Wildman–Crippen MR) is 77.0 cm³/mol. The molecule has 1 atom stereocenters. The highest BCUT2D eigenvalue weighted by Gasteiger charge is 2.33. The molecule has 0 radical (unpaired) electrons. The quantitative estimate of drug-likeness (QED) is 0.868. The van der Waals surface area contributed by atoms with Gasteiger partial charge in [0.25, 0.3) is 0 Å². The van der Waals surface area contributed by atoms with Crippen LogP contribution in [0.15, 0.2) is 24.3 Å². The Balaban J connectivity index is 0.00000162. The lowest BCUT2D eigenvalue weighted by Gasteiger charge is -2.42. The minimum Gasteiger partial charge on any atom is -0.508 e. The molecule has 3 N–H and O–H groups in total. The Bertz CT molecular complexity index is 395. The fourth-order valence-electron chi connectivity index (χ4n) is 2.53. The monoisotopic (exact) mass is 270 g/mol. The van der Waals surface area contributed by atoms with E-state index in [4.69, 9.17) is 5.73 Å². The van der Waals surface area contributed by atoms with Gasteiger partial charge in [0.2, 0.25) is 0 Å². The van der Waals surface area contributed by atoms with Crippen LogP contribution in [-0.2, 0) is 6.54 Å². The first-order valence-electron chi connectivity index (χ1n) is 6.23. The number of phenolic OH excluding ortho intramolecular Hbond substituents is 1. The van der Waals surface area contributed by atoms with Crippen molar-refractivity contribution >= 4 is 12.4 Å². The molecule has 102 valence electrons. The maximum Gasteiger partial charge on any atom is 0.115 e. The van der Waals surface area contributed by atoms with Crippen LogP contribution >= 0.6 is 12.4 Å². The van der Waals surface area contributed by atoms with Crippen molar-refractivity contribution in [2.75, 3.05) is 13.1 Å². The van der Waals surface area contributed by atoms with Crippen molar-refractivity contribution in [3.05, 3.63) is 29.8 Å². The van der Waals surface area contributed by atoms with Gasteiger partial charge in [0, 0.05) is 25.7 Å². The van der Waals surface area contributed by atoms with Gasteiger partial charge in [-0.2, -0.15) is 0 Å². The Kier molecular flexibility index (Phi) is 5.02. The molecule has 0 amide bonds. The summed E-state index contributed by atoms with van der Waals surface area (Å²) in [5.41, 5.74) is 7.46. The first-order chi connectivity index (χ1) is 7.97. The third-order valence-corrected chi connectivity index (χ3v) is 3.71. The van der Waals surface area contributed by atoms with Crippen LogP contribution in [0.1, 0.15) is 25.8 Å². The summed E-state index contributed by atoms with van der Waals surface area (Å²) in [4.78, 5) is 2.41. The number of nitrogens with zero attached hydrogens (tertiary/aromatic N) is 1. The topological polar surface area (TPSA) is 49.5 Å². The van der Waals surface area contributed by atoms with Crippen LogP contribution in [-0.4, -0.2) is 29.1 Å². The van der Waals surface area contributed by atoms with Gasteiger partial charge in [-0.25, -0.2) is 0 Å². The molecule has 1 aliphatic heterocycles. The Morgan fingerprint density at radius 2 is 2.17 bits per heavy atom. The van der Waals surface area contributed by atoms with E-state index in [1.165, 1.54) is 0 Å². The second-order valence-corrected chi connectivity index (χ2v) is 5.76. The van der Waals surface area contributed by atoms with Gasteiger partial charge in [-0.3, -0.25) is 4.90 Å². The van der Waals surface area contributed by atoms with Crippen LogP contribution in [0.5, 0.6) is 5.75 Å². The first-order valence-corrected chi connectivity index (χ1v) is 6.23. The summed E-state index contributed by atoms with van der Waals surface area (Å²) in [5.74, 6) is 0.343. The fraction of sp³-hybridized carbons (Fsp3) is 0.571. The molecule has 0 aromatic heterocycles. The molecule has 1 heterocycles. The Morgan fingerprint density at radius 1 is 1.44 bits per heavy atom. The molecule has 0 bridgehead atoms. The third kappa shape index (κ3) is 3.61. The van der Waals surface area contributed by atoms with E-state index in [-0.39, 0.29) is 17.8 Å². The van der Waals surface area contributed by atoms with Gasteiger partial charge in [0.1, 0.15) is 5.75 Å². The number of likely N-dealkylation sites (tertiary alicyclic amines) is 1. The SMILES string of the molecule is CC1(C)CN(Cc2cccc(O)c2)CCC1N.Cl. The third-order valence-electron chi connectivity index (χ3n) is 3.71. The van der Waals surface area contributed by atoms with Crippen molar-refractivity contribution in [1.82, 2.24) is 4.90 Å². The zero-order chi connectivity index (χ0) is 12.5. The number of benzene rings is 1. The maximum absolute atomic E-state index is 9.45. The van der Waals surface area contributed by atoms with E-state index in [1.54, 1.807) is 6.07 Å². The Labute approximate surface area is 115 Å². The highest BCUT2D eigenvalue weighted by atomic mass is 35.5. The van der Waals surface area contributed by atoms with E-state index in [1.807, 2.05) is 12.1 Å². The minimum atomic E-state index is 0. The summed E-state index contributed by atoms with van der Waals surface area (Å²) in [6, 6.07) is 7.79. The smallest absolute Gasteiger partial charge is 0.115 e. The van der Waals surface area contributed by atoms with Crippen LogP contribution in [0.2, 0.25) is 0 Å². The zero-order valence-corrected chi connectivity index (χ0v) is 11.9. The summed E-state index contributed by atoms with van der Waals surface area (Å²) in [5, 5.41) is 9.45. The van der Waals surface area contributed by atoms with Crippen LogP contribution in [0.25, 0.3) is 0 Å². The van der Waals surface area contributed by atoms with Crippen molar-refractivity contribution < 1.29 is 5.11 Å². The molecular weight excluding hydrogens is 248 g/mol.